The quantitative estimate of drug-likeness (QED) is 0.690. The molecule has 0 fully saturated rings. The number of hydrogen-bond acceptors (Lipinski definition) is 7. The molecule has 1 unspecified atom stereocenters. The lowest BCUT2D eigenvalue weighted by Crippen LogP contribution is -2.10. The molecule has 27 heavy (non-hydrogen) atoms. The van der Waals surface area contributed by atoms with E-state index in [0.29, 0.717) is 34.8 Å². The van der Waals surface area contributed by atoms with Crippen molar-refractivity contribution in [2.24, 2.45) is 5.10 Å². The molecule has 0 bridgehead atoms. The number of fused-ring (bicyclic) bond motifs is 1. The number of hydrazone groups is 1. The summed E-state index contributed by atoms with van der Waals surface area (Å²) in [5.41, 5.74) is 4.95. The lowest BCUT2D eigenvalue weighted by Gasteiger charge is -2.14. The fraction of sp³-hybridized carbons (Fsp3) is 0.200. The van der Waals surface area contributed by atoms with Gasteiger partial charge in [-0.15, -0.1) is 0 Å². The summed E-state index contributed by atoms with van der Waals surface area (Å²) in [6.07, 6.45) is 0.515. The Labute approximate surface area is 154 Å². The summed E-state index contributed by atoms with van der Waals surface area (Å²) in [6.45, 7) is 0. The molecule has 0 amide bonds. The Kier molecular flexibility index (Phi) is 4.19. The second kappa shape index (κ2) is 6.68. The van der Waals surface area contributed by atoms with Gasteiger partial charge in [0.2, 0.25) is 0 Å². The van der Waals surface area contributed by atoms with Crippen molar-refractivity contribution in [2.45, 2.75) is 12.5 Å². The molecule has 7 heteroatoms. The normalized spacial score (nSPS) is 16.1. The van der Waals surface area contributed by atoms with E-state index < -0.39 is 5.63 Å². The van der Waals surface area contributed by atoms with Crippen LogP contribution in [0.4, 0.5) is 0 Å². The van der Waals surface area contributed by atoms with Crippen molar-refractivity contribution < 1.29 is 19.0 Å². The molecule has 1 aliphatic rings. The number of methoxy groups -OCH3 is 2. The Bertz CT molecular complexity index is 1100. The number of nitrogens with one attached hydrogen (secondary N) is 1. The third-order valence-electron chi connectivity index (χ3n) is 4.62. The number of phenols is 1. The zero-order chi connectivity index (χ0) is 19.0. The highest BCUT2D eigenvalue weighted by Gasteiger charge is 2.26. The first kappa shape index (κ1) is 17.0. The number of nitrogens with zero attached hydrogens (tertiary/aromatic N) is 1. The fourth-order valence-corrected chi connectivity index (χ4v) is 3.26. The molecule has 1 atom stereocenters. The smallest absolute Gasteiger partial charge is 0.336 e. The molecule has 0 radical (unpaired) electrons. The van der Waals surface area contributed by atoms with Crippen molar-refractivity contribution in [3.8, 4) is 17.2 Å². The van der Waals surface area contributed by atoms with Crippen molar-refractivity contribution in [3.63, 3.8) is 0 Å². The van der Waals surface area contributed by atoms with Gasteiger partial charge in [0.25, 0.3) is 0 Å². The summed E-state index contributed by atoms with van der Waals surface area (Å²) in [6, 6.07) is 11.8. The van der Waals surface area contributed by atoms with Crippen LogP contribution in [-0.2, 0) is 0 Å². The van der Waals surface area contributed by atoms with Crippen LogP contribution < -0.4 is 20.5 Å². The van der Waals surface area contributed by atoms with Gasteiger partial charge in [0.1, 0.15) is 5.75 Å². The van der Waals surface area contributed by atoms with Gasteiger partial charge in [-0.25, -0.2) is 4.79 Å². The topological polar surface area (TPSA) is 93.3 Å². The van der Waals surface area contributed by atoms with Crippen molar-refractivity contribution in [1.82, 2.24) is 5.43 Å². The van der Waals surface area contributed by atoms with E-state index in [2.05, 4.69) is 10.5 Å². The standard InChI is InChI=1S/C20H18N2O5/c1-25-16-7-4-12(9-17(16)26-2)13-10-14(22-21-13)19-15(23)6-3-11-5-8-18(24)27-20(11)19/h3-9,13,21,23H,10H2,1-2H3. The third kappa shape index (κ3) is 2.97. The molecule has 3 aromatic rings. The molecular weight excluding hydrogens is 348 g/mol. The Balaban J connectivity index is 1.69. The molecule has 0 aliphatic carbocycles. The third-order valence-corrected chi connectivity index (χ3v) is 4.62. The number of phenolic OH excluding ortho intramolecular Hbond substituents is 1. The molecule has 2 heterocycles. The Morgan fingerprint density at radius 1 is 1.11 bits per heavy atom. The highest BCUT2D eigenvalue weighted by Crippen LogP contribution is 2.35. The lowest BCUT2D eigenvalue weighted by molar-refractivity contribution is 0.354. The number of hydrogen-bond donors (Lipinski definition) is 2. The van der Waals surface area contributed by atoms with Crippen LogP contribution >= 0.6 is 0 Å². The average Bonchev–Trinajstić information content (AvgIpc) is 3.16. The van der Waals surface area contributed by atoms with Crippen molar-refractivity contribution >= 4 is 16.7 Å². The summed E-state index contributed by atoms with van der Waals surface area (Å²) < 4.78 is 16.0. The second-order valence-corrected chi connectivity index (χ2v) is 6.19. The predicted molar refractivity (Wildman–Crippen MR) is 101 cm³/mol. The van der Waals surface area contributed by atoms with Gasteiger partial charge in [-0.2, -0.15) is 5.10 Å². The van der Waals surface area contributed by atoms with Gasteiger partial charge in [-0.05, 0) is 35.9 Å². The van der Waals surface area contributed by atoms with Gasteiger partial charge in [0, 0.05) is 17.9 Å². The SMILES string of the molecule is COc1ccc(C2CC(c3c(O)ccc4ccc(=O)oc34)=NN2)cc1OC. The summed E-state index contributed by atoms with van der Waals surface area (Å²) in [7, 11) is 3.17. The summed E-state index contributed by atoms with van der Waals surface area (Å²) in [5.74, 6) is 1.29. The van der Waals surface area contributed by atoms with Crippen molar-refractivity contribution in [2.75, 3.05) is 14.2 Å². The largest absolute Gasteiger partial charge is 0.507 e. The van der Waals surface area contributed by atoms with Gasteiger partial charge in [-0.3, -0.25) is 0 Å². The number of ether oxygens (including phenoxy) is 2. The van der Waals surface area contributed by atoms with E-state index in [0.717, 1.165) is 10.9 Å². The van der Waals surface area contributed by atoms with E-state index in [1.165, 1.54) is 6.07 Å². The monoisotopic (exact) mass is 366 g/mol. The van der Waals surface area contributed by atoms with Crippen LogP contribution in [0.25, 0.3) is 11.0 Å². The van der Waals surface area contributed by atoms with E-state index in [1.807, 2.05) is 18.2 Å². The summed E-state index contributed by atoms with van der Waals surface area (Å²) in [5, 5.41) is 15.5. The molecule has 4 rings (SSSR count). The molecule has 0 saturated carbocycles. The zero-order valence-electron chi connectivity index (χ0n) is 14.9. The zero-order valence-corrected chi connectivity index (χ0v) is 14.9. The lowest BCUT2D eigenvalue weighted by atomic mass is 9.97. The minimum Gasteiger partial charge on any atom is -0.507 e. The molecule has 2 aromatic carbocycles. The van der Waals surface area contributed by atoms with Crippen LogP contribution in [0.1, 0.15) is 23.6 Å². The Hall–Kier alpha value is -3.48. The van der Waals surface area contributed by atoms with Crippen LogP contribution in [0, 0.1) is 0 Å². The van der Waals surface area contributed by atoms with E-state index in [1.54, 1.807) is 32.4 Å². The summed E-state index contributed by atoms with van der Waals surface area (Å²) in [4.78, 5) is 11.6. The molecule has 7 nitrogen and oxygen atoms in total. The van der Waals surface area contributed by atoms with Crippen LogP contribution in [0.15, 0.2) is 56.8 Å². The van der Waals surface area contributed by atoms with Gasteiger partial charge in [-0.1, -0.05) is 6.07 Å². The molecule has 138 valence electrons. The minimum absolute atomic E-state index is 0.0189. The minimum atomic E-state index is -0.475. The van der Waals surface area contributed by atoms with Gasteiger partial charge in [0.15, 0.2) is 17.1 Å². The number of rotatable bonds is 4. The maximum absolute atomic E-state index is 11.6. The maximum Gasteiger partial charge on any atom is 0.336 e. The molecule has 1 aromatic heterocycles. The predicted octanol–water partition coefficient (Wildman–Crippen LogP) is 2.95. The van der Waals surface area contributed by atoms with Gasteiger partial charge < -0.3 is 24.4 Å². The molecule has 0 spiro atoms. The molecule has 0 saturated heterocycles. The van der Waals surface area contributed by atoms with Crippen LogP contribution in [0.3, 0.4) is 0 Å². The van der Waals surface area contributed by atoms with E-state index in [4.69, 9.17) is 13.9 Å². The van der Waals surface area contributed by atoms with Crippen molar-refractivity contribution in [3.05, 3.63) is 64.0 Å². The van der Waals surface area contributed by atoms with Crippen LogP contribution in [0.5, 0.6) is 17.2 Å². The molecule has 2 N–H and O–H groups in total. The highest BCUT2D eigenvalue weighted by molar-refractivity contribution is 6.12. The van der Waals surface area contributed by atoms with Crippen LogP contribution in [-0.4, -0.2) is 25.0 Å². The summed E-state index contributed by atoms with van der Waals surface area (Å²) >= 11 is 0. The van der Waals surface area contributed by atoms with Gasteiger partial charge >= 0.3 is 5.63 Å². The first-order valence-corrected chi connectivity index (χ1v) is 8.41. The van der Waals surface area contributed by atoms with Crippen LogP contribution in [0.2, 0.25) is 0 Å². The van der Waals surface area contributed by atoms with E-state index in [-0.39, 0.29) is 11.8 Å². The molecular formula is C20H18N2O5. The maximum atomic E-state index is 11.6. The number of aromatic hydroxyl groups is 1. The van der Waals surface area contributed by atoms with E-state index >= 15 is 0 Å². The fourth-order valence-electron chi connectivity index (χ4n) is 3.26. The second-order valence-electron chi connectivity index (χ2n) is 6.19. The average molecular weight is 366 g/mol. The van der Waals surface area contributed by atoms with Crippen molar-refractivity contribution in [1.29, 1.82) is 0 Å². The highest BCUT2D eigenvalue weighted by atomic mass is 16.5. The molecule has 1 aliphatic heterocycles. The first-order valence-electron chi connectivity index (χ1n) is 8.41. The van der Waals surface area contributed by atoms with E-state index in [9.17, 15) is 9.90 Å². The number of benzene rings is 2. The first-order chi connectivity index (χ1) is 13.1. The Morgan fingerprint density at radius 2 is 1.89 bits per heavy atom. The Morgan fingerprint density at radius 3 is 2.67 bits per heavy atom. The van der Waals surface area contributed by atoms with Gasteiger partial charge in [0.05, 0.1) is 31.5 Å².